The summed E-state index contributed by atoms with van der Waals surface area (Å²) in [4.78, 5) is 21.7. The lowest BCUT2D eigenvalue weighted by atomic mass is 10.3. The third-order valence-corrected chi connectivity index (χ3v) is 2.07. The van der Waals surface area contributed by atoms with Gasteiger partial charge in [-0.1, -0.05) is 6.08 Å². The molecule has 0 N–H and O–H groups in total. The van der Waals surface area contributed by atoms with Crippen LogP contribution in [-0.4, -0.2) is 23.9 Å². The molecule has 0 aliphatic heterocycles. The average Bonchev–Trinajstić information content (AvgIpc) is 2.69. The van der Waals surface area contributed by atoms with Crippen LogP contribution in [0.4, 0.5) is 0 Å². The molecule has 0 aromatic carbocycles. The maximum atomic E-state index is 10.9. The predicted molar refractivity (Wildman–Crippen MR) is 61.1 cm³/mol. The first-order valence-electron chi connectivity index (χ1n) is 4.74. The maximum absolute atomic E-state index is 10.9. The summed E-state index contributed by atoms with van der Waals surface area (Å²) in [7, 11) is 1.31. The van der Waals surface area contributed by atoms with Crippen molar-refractivity contribution in [3.05, 3.63) is 42.3 Å². The molecule has 0 unspecified atom stereocenters. The number of esters is 1. The number of aromatic nitrogens is 1. The van der Waals surface area contributed by atoms with Gasteiger partial charge >= 0.3 is 5.97 Å². The van der Waals surface area contributed by atoms with E-state index in [4.69, 9.17) is 0 Å². The van der Waals surface area contributed by atoms with Crippen molar-refractivity contribution in [1.82, 2.24) is 4.57 Å². The van der Waals surface area contributed by atoms with Crippen LogP contribution in [-0.2, 0) is 16.1 Å². The van der Waals surface area contributed by atoms with Crippen LogP contribution in [0.25, 0.3) is 6.08 Å². The molecule has 84 valence electrons. The van der Waals surface area contributed by atoms with Crippen molar-refractivity contribution in [3.8, 4) is 0 Å². The first-order chi connectivity index (χ1) is 7.72. The monoisotopic (exact) mass is 219 g/mol. The zero-order valence-electron chi connectivity index (χ0n) is 9.05. The summed E-state index contributed by atoms with van der Waals surface area (Å²) in [5, 5.41) is 0. The molecule has 0 fully saturated rings. The number of carbonyl (C=O) groups is 2. The number of rotatable bonds is 5. The SMILES string of the molecule is C=CCn1c(C=O)ccc1/C=C/C(=O)OC. The summed E-state index contributed by atoms with van der Waals surface area (Å²) in [5.74, 6) is -0.431. The summed E-state index contributed by atoms with van der Waals surface area (Å²) in [6, 6.07) is 3.44. The highest BCUT2D eigenvalue weighted by Crippen LogP contribution is 2.10. The van der Waals surface area contributed by atoms with Crippen LogP contribution < -0.4 is 0 Å². The van der Waals surface area contributed by atoms with Gasteiger partial charge in [0, 0.05) is 18.3 Å². The second-order valence-electron chi connectivity index (χ2n) is 3.06. The number of carbonyl (C=O) groups excluding carboxylic acids is 2. The second kappa shape index (κ2) is 5.70. The minimum Gasteiger partial charge on any atom is -0.466 e. The Labute approximate surface area is 93.8 Å². The Bertz CT molecular complexity index is 429. The zero-order valence-corrected chi connectivity index (χ0v) is 9.05. The Morgan fingerprint density at radius 1 is 1.50 bits per heavy atom. The van der Waals surface area contributed by atoms with Gasteiger partial charge in [-0.2, -0.15) is 0 Å². The van der Waals surface area contributed by atoms with E-state index in [0.717, 1.165) is 12.0 Å². The van der Waals surface area contributed by atoms with E-state index in [0.29, 0.717) is 12.2 Å². The molecule has 1 aromatic heterocycles. The van der Waals surface area contributed by atoms with Gasteiger partial charge in [0.2, 0.25) is 0 Å². The fraction of sp³-hybridized carbons (Fsp3) is 0.167. The van der Waals surface area contributed by atoms with Crippen molar-refractivity contribution in [2.75, 3.05) is 7.11 Å². The van der Waals surface area contributed by atoms with Gasteiger partial charge in [-0.05, 0) is 18.2 Å². The van der Waals surface area contributed by atoms with E-state index in [2.05, 4.69) is 11.3 Å². The quantitative estimate of drug-likeness (QED) is 0.327. The van der Waals surface area contributed by atoms with Crippen LogP contribution in [0.15, 0.2) is 30.9 Å². The predicted octanol–water partition coefficient (Wildman–Crippen LogP) is 1.67. The van der Waals surface area contributed by atoms with Gasteiger partial charge in [-0.3, -0.25) is 4.79 Å². The summed E-state index contributed by atoms with van der Waals surface area (Å²) in [5.41, 5.74) is 1.30. The first kappa shape index (κ1) is 12.0. The number of ether oxygens (including phenoxy) is 1. The van der Waals surface area contributed by atoms with Crippen molar-refractivity contribution in [2.24, 2.45) is 0 Å². The molecule has 0 saturated heterocycles. The molecule has 1 heterocycles. The molecule has 4 nitrogen and oxygen atoms in total. The van der Waals surface area contributed by atoms with Crippen molar-refractivity contribution < 1.29 is 14.3 Å². The second-order valence-corrected chi connectivity index (χ2v) is 3.06. The Balaban J connectivity index is 2.99. The molecular formula is C12H13NO3. The van der Waals surface area contributed by atoms with Gasteiger partial charge in [-0.25, -0.2) is 4.79 Å². The molecule has 0 saturated carbocycles. The highest BCUT2D eigenvalue weighted by molar-refractivity contribution is 5.87. The van der Waals surface area contributed by atoms with E-state index >= 15 is 0 Å². The molecule has 0 bridgehead atoms. The Kier molecular flexibility index (Phi) is 4.27. The number of hydrogen-bond acceptors (Lipinski definition) is 3. The Morgan fingerprint density at radius 3 is 2.75 bits per heavy atom. The zero-order chi connectivity index (χ0) is 12.0. The lowest BCUT2D eigenvalue weighted by molar-refractivity contribution is -0.134. The molecule has 0 spiro atoms. The number of allylic oxidation sites excluding steroid dienone is 1. The van der Waals surface area contributed by atoms with Crippen molar-refractivity contribution in [1.29, 1.82) is 0 Å². The normalized spacial score (nSPS) is 10.3. The van der Waals surface area contributed by atoms with E-state index in [9.17, 15) is 9.59 Å². The Morgan fingerprint density at radius 2 is 2.19 bits per heavy atom. The number of aldehydes is 1. The summed E-state index contributed by atoms with van der Waals surface area (Å²) in [6.07, 6.45) is 5.35. The lowest BCUT2D eigenvalue weighted by Gasteiger charge is -2.04. The van der Waals surface area contributed by atoms with Crippen LogP contribution >= 0.6 is 0 Å². The van der Waals surface area contributed by atoms with Crippen molar-refractivity contribution in [3.63, 3.8) is 0 Å². The minimum absolute atomic E-state index is 0.431. The van der Waals surface area contributed by atoms with Crippen molar-refractivity contribution in [2.45, 2.75) is 6.54 Å². The van der Waals surface area contributed by atoms with E-state index in [1.54, 1.807) is 28.9 Å². The van der Waals surface area contributed by atoms with Gasteiger partial charge < -0.3 is 9.30 Å². The summed E-state index contributed by atoms with van der Waals surface area (Å²) in [6.45, 7) is 4.13. The topological polar surface area (TPSA) is 48.3 Å². The maximum Gasteiger partial charge on any atom is 0.330 e. The molecule has 0 atom stereocenters. The molecule has 0 radical (unpaired) electrons. The molecule has 4 heteroatoms. The number of methoxy groups -OCH3 is 1. The molecule has 0 aliphatic carbocycles. The smallest absolute Gasteiger partial charge is 0.330 e. The number of hydrogen-bond donors (Lipinski definition) is 0. The highest BCUT2D eigenvalue weighted by Gasteiger charge is 2.03. The van der Waals surface area contributed by atoms with Gasteiger partial charge in [-0.15, -0.1) is 6.58 Å². The highest BCUT2D eigenvalue weighted by atomic mass is 16.5. The molecule has 1 aromatic rings. The molecular weight excluding hydrogens is 206 g/mol. The van der Waals surface area contributed by atoms with Gasteiger partial charge in [0.1, 0.15) is 0 Å². The lowest BCUT2D eigenvalue weighted by Crippen LogP contribution is -2.02. The standard InChI is InChI=1S/C12H13NO3/c1-3-8-13-10(4-5-11(13)9-14)6-7-12(15)16-2/h3-7,9H,1,8H2,2H3/b7-6+. The van der Waals surface area contributed by atoms with Gasteiger partial charge in [0.25, 0.3) is 0 Å². The molecule has 0 aliphatic rings. The first-order valence-corrected chi connectivity index (χ1v) is 4.74. The van der Waals surface area contributed by atoms with E-state index in [1.165, 1.54) is 13.2 Å². The third-order valence-electron chi connectivity index (χ3n) is 2.07. The van der Waals surface area contributed by atoms with Gasteiger partial charge in [0.15, 0.2) is 6.29 Å². The fourth-order valence-electron chi connectivity index (χ4n) is 1.31. The van der Waals surface area contributed by atoms with Gasteiger partial charge in [0.05, 0.1) is 12.8 Å². The minimum atomic E-state index is -0.431. The van der Waals surface area contributed by atoms with E-state index in [1.807, 2.05) is 0 Å². The largest absolute Gasteiger partial charge is 0.466 e. The van der Waals surface area contributed by atoms with Crippen molar-refractivity contribution >= 4 is 18.3 Å². The number of nitrogens with zero attached hydrogens (tertiary/aromatic N) is 1. The van der Waals surface area contributed by atoms with Crippen LogP contribution in [0, 0.1) is 0 Å². The fourth-order valence-corrected chi connectivity index (χ4v) is 1.31. The molecule has 1 rings (SSSR count). The van der Waals surface area contributed by atoms with Crippen LogP contribution in [0.1, 0.15) is 16.2 Å². The van der Waals surface area contributed by atoms with Crippen LogP contribution in [0.5, 0.6) is 0 Å². The molecule has 16 heavy (non-hydrogen) atoms. The Hall–Kier alpha value is -2.10. The third kappa shape index (κ3) is 2.70. The summed E-state index contributed by atoms with van der Waals surface area (Å²) >= 11 is 0. The van der Waals surface area contributed by atoms with Crippen LogP contribution in [0.3, 0.4) is 0 Å². The van der Waals surface area contributed by atoms with Crippen LogP contribution in [0.2, 0.25) is 0 Å². The van der Waals surface area contributed by atoms with E-state index < -0.39 is 5.97 Å². The average molecular weight is 219 g/mol. The van der Waals surface area contributed by atoms with E-state index in [-0.39, 0.29) is 0 Å². The summed E-state index contributed by atoms with van der Waals surface area (Å²) < 4.78 is 6.23. The molecule has 0 amide bonds.